The second kappa shape index (κ2) is 6.78. The summed E-state index contributed by atoms with van der Waals surface area (Å²) in [6, 6.07) is 5.66. The van der Waals surface area contributed by atoms with Crippen LogP contribution in [0.5, 0.6) is 5.75 Å². The van der Waals surface area contributed by atoms with E-state index < -0.39 is 0 Å². The average Bonchev–Trinajstić information content (AvgIpc) is 2.92. The van der Waals surface area contributed by atoms with E-state index in [1.807, 2.05) is 0 Å². The van der Waals surface area contributed by atoms with Gasteiger partial charge >= 0.3 is 0 Å². The average molecular weight is 283 g/mol. The van der Waals surface area contributed by atoms with Crippen molar-refractivity contribution in [3.05, 3.63) is 23.2 Å². The van der Waals surface area contributed by atoms with Gasteiger partial charge in [0.15, 0.2) is 0 Å². The number of benzene rings is 1. The summed E-state index contributed by atoms with van der Waals surface area (Å²) >= 11 is 6.03. The number of nitrogens with one attached hydrogen (secondary N) is 2. The number of halogens is 1. The van der Waals surface area contributed by atoms with Crippen molar-refractivity contribution in [1.82, 2.24) is 5.32 Å². The molecule has 0 atom stereocenters. The zero-order chi connectivity index (χ0) is 13.7. The third-order valence-electron chi connectivity index (χ3n) is 3.35. The van der Waals surface area contributed by atoms with Crippen LogP contribution in [0.15, 0.2) is 18.2 Å². The molecule has 1 aromatic carbocycles. The summed E-state index contributed by atoms with van der Waals surface area (Å²) in [6.07, 6.45) is 4.82. The molecule has 4 nitrogen and oxygen atoms in total. The molecule has 1 amide bonds. The van der Waals surface area contributed by atoms with E-state index in [0.717, 1.165) is 12.8 Å². The van der Waals surface area contributed by atoms with Crippen LogP contribution in [-0.4, -0.2) is 25.6 Å². The molecule has 0 aromatic heterocycles. The largest absolute Gasteiger partial charge is 0.497 e. The van der Waals surface area contributed by atoms with Gasteiger partial charge in [-0.2, -0.15) is 0 Å². The zero-order valence-electron chi connectivity index (χ0n) is 11.0. The number of ether oxygens (including phenoxy) is 1. The van der Waals surface area contributed by atoms with Gasteiger partial charge in [-0.25, -0.2) is 0 Å². The molecule has 104 valence electrons. The summed E-state index contributed by atoms with van der Waals surface area (Å²) in [7, 11) is 1.58. The summed E-state index contributed by atoms with van der Waals surface area (Å²) in [5.41, 5.74) is 0.583. The quantitative estimate of drug-likeness (QED) is 0.873. The maximum absolute atomic E-state index is 11.8. The SMILES string of the molecule is COc1ccc(Cl)c(NC(=O)CNC2CCCC2)c1. The first-order valence-electron chi connectivity index (χ1n) is 6.56. The van der Waals surface area contributed by atoms with Crippen LogP contribution in [-0.2, 0) is 4.79 Å². The molecule has 1 fully saturated rings. The van der Waals surface area contributed by atoms with Crippen molar-refractivity contribution in [3.8, 4) is 5.75 Å². The maximum atomic E-state index is 11.8. The van der Waals surface area contributed by atoms with Crippen molar-refractivity contribution in [1.29, 1.82) is 0 Å². The Morgan fingerprint density at radius 2 is 2.16 bits per heavy atom. The van der Waals surface area contributed by atoms with Crippen LogP contribution < -0.4 is 15.4 Å². The van der Waals surface area contributed by atoms with Crippen LogP contribution in [0.4, 0.5) is 5.69 Å². The molecule has 0 aliphatic heterocycles. The van der Waals surface area contributed by atoms with Crippen molar-refractivity contribution in [2.75, 3.05) is 19.0 Å². The molecular formula is C14H19ClN2O2. The molecule has 2 N–H and O–H groups in total. The van der Waals surface area contributed by atoms with Crippen molar-refractivity contribution < 1.29 is 9.53 Å². The minimum atomic E-state index is -0.0814. The highest BCUT2D eigenvalue weighted by Crippen LogP contribution is 2.26. The number of carbonyl (C=O) groups excluding carboxylic acids is 1. The van der Waals surface area contributed by atoms with Crippen molar-refractivity contribution in [2.45, 2.75) is 31.7 Å². The van der Waals surface area contributed by atoms with Gasteiger partial charge in [-0.3, -0.25) is 4.79 Å². The Morgan fingerprint density at radius 1 is 1.42 bits per heavy atom. The first kappa shape index (κ1) is 14.2. The fourth-order valence-electron chi connectivity index (χ4n) is 2.29. The molecule has 0 radical (unpaired) electrons. The Bertz CT molecular complexity index is 445. The topological polar surface area (TPSA) is 50.4 Å². The van der Waals surface area contributed by atoms with Gasteiger partial charge < -0.3 is 15.4 Å². The summed E-state index contributed by atoms with van der Waals surface area (Å²) in [5, 5.41) is 6.57. The highest BCUT2D eigenvalue weighted by atomic mass is 35.5. The minimum Gasteiger partial charge on any atom is -0.497 e. The van der Waals surface area contributed by atoms with Gasteiger partial charge in [-0.15, -0.1) is 0 Å². The van der Waals surface area contributed by atoms with E-state index in [4.69, 9.17) is 16.3 Å². The molecule has 19 heavy (non-hydrogen) atoms. The summed E-state index contributed by atoms with van der Waals surface area (Å²) in [4.78, 5) is 11.8. The van der Waals surface area contributed by atoms with Gasteiger partial charge in [0, 0.05) is 12.1 Å². The molecule has 0 spiro atoms. The highest BCUT2D eigenvalue weighted by Gasteiger charge is 2.15. The highest BCUT2D eigenvalue weighted by molar-refractivity contribution is 6.33. The normalized spacial score (nSPS) is 15.5. The number of hydrogen-bond donors (Lipinski definition) is 2. The van der Waals surface area contributed by atoms with Crippen LogP contribution in [0, 0.1) is 0 Å². The molecule has 5 heteroatoms. The minimum absolute atomic E-state index is 0.0814. The van der Waals surface area contributed by atoms with Gasteiger partial charge in [-0.05, 0) is 25.0 Å². The second-order valence-corrected chi connectivity index (χ2v) is 5.16. The van der Waals surface area contributed by atoms with Crippen molar-refractivity contribution >= 4 is 23.2 Å². The standard InChI is InChI=1S/C14H19ClN2O2/c1-19-11-6-7-12(15)13(8-11)17-14(18)9-16-10-4-2-3-5-10/h6-8,10,16H,2-5,9H2,1H3,(H,17,18). The number of amides is 1. The lowest BCUT2D eigenvalue weighted by atomic mass is 10.2. The third-order valence-corrected chi connectivity index (χ3v) is 3.68. The van der Waals surface area contributed by atoms with Gasteiger partial charge in [0.1, 0.15) is 5.75 Å². The molecule has 2 rings (SSSR count). The Hall–Kier alpha value is -1.26. The fourth-order valence-corrected chi connectivity index (χ4v) is 2.45. The number of rotatable bonds is 5. The molecule has 1 aliphatic rings. The summed E-state index contributed by atoms with van der Waals surface area (Å²) < 4.78 is 5.11. The van der Waals surface area contributed by atoms with E-state index in [1.165, 1.54) is 12.8 Å². The molecular weight excluding hydrogens is 264 g/mol. The summed E-state index contributed by atoms with van der Waals surface area (Å²) in [5.74, 6) is 0.588. The molecule has 0 heterocycles. The van der Waals surface area contributed by atoms with Gasteiger partial charge in [0.05, 0.1) is 24.4 Å². The van der Waals surface area contributed by atoms with E-state index in [-0.39, 0.29) is 5.91 Å². The smallest absolute Gasteiger partial charge is 0.238 e. The number of methoxy groups -OCH3 is 1. The summed E-state index contributed by atoms with van der Waals surface area (Å²) in [6.45, 7) is 0.318. The van der Waals surface area contributed by atoms with Crippen LogP contribution in [0.1, 0.15) is 25.7 Å². The van der Waals surface area contributed by atoms with Gasteiger partial charge in [0.2, 0.25) is 5.91 Å². The molecule has 0 bridgehead atoms. The molecule has 0 saturated heterocycles. The molecule has 1 saturated carbocycles. The van der Waals surface area contributed by atoms with E-state index in [2.05, 4.69) is 10.6 Å². The van der Waals surface area contributed by atoms with E-state index in [1.54, 1.807) is 25.3 Å². The molecule has 1 aromatic rings. The lowest BCUT2D eigenvalue weighted by Gasteiger charge is -2.13. The number of hydrogen-bond acceptors (Lipinski definition) is 3. The van der Waals surface area contributed by atoms with E-state index >= 15 is 0 Å². The molecule has 0 unspecified atom stereocenters. The monoisotopic (exact) mass is 282 g/mol. The van der Waals surface area contributed by atoms with Crippen LogP contribution in [0.2, 0.25) is 5.02 Å². The van der Waals surface area contributed by atoms with Crippen LogP contribution in [0.3, 0.4) is 0 Å². The maximum Gasteiger partial charge on any atom is 0.238 e. The third kappa shape index (κ3) is 4.11. The Morgan fingerprint density at radius 3 is 2.84 bits per heavy atom. The van der Waals surface area contributed by atoms with Gasteiger partial charge in [0.25, 0.3) is 0 Å². The van der Waals surface area contributed by atoms with Crippen LogP contribution in [0.25, 0.3) is 0 Å². The Kier molecular flexibility index (Phi) is 5.05. The van der Waals surface area contributed by atoms with Crippen LogP contribution >= 0.6 is 11.6 Å². The number of carbonyl (C=O) groups is 1. The van der Waals surface area contributed by atoms with E-state index in [9.17, 15) is 4.79 Å². The fraction of sp³-hybridized carbons (Fsp3) is 0.500. The van der Waals surface area contributed by atoms with Crippen molar-refractivity contribution in [2.24, 2.45) is 0 Å². The lowest BCUT2D eigenvalue weighted by molar-refractivity contribution is -0.115. The second-order valence-electron chi connectivity index (χ2n) is 4.76. The van der Waals surface area contributed by atoms with E-state index in [0.29, 0.717) is 29.0 Å². The lowest BCUT2D eigenvalue weighted by Crippen LogP contribution is -2.34. The van der Waals surface area contributed by atoms with Gasteiger partial charge in [-0.1, -0.05) is 24.4 Å². The predicted octanol–water partition coefficient (Wildman–Crippen LogP) is 2.82. The first-order valence-corrected chi connectivity index (χ1v) is 6.93. The zero-order valence-corrected chi connectivity index (χ0v) is 11.8. The van der Waals surface area contributed by atoms with Crippen molar-refractivity contribution in [3.63, 3.8) is 0 Å². The predicted molar refractivity (Wildman–Crippen MR) is 76.9 cm³/mol. The first-order chi connectivity index (χ1) is 9.19. The number of anilines is 1. The molecule has 1 aliphatic carbocycles. The Balaban J connectivity index is 1.87. The Labute approximate surface area is 118 Å².